The van der Waals surface area contributed by atoms with Gasteiger partial charge in [0, 0.05) is 5.46 Å². The highest BCUT2D eigenvalue weighted by Gasteiger charge is 2.53. The number of benzene rings is 1. The van der Waals surface area contributed by atoms with Crippen LogP contribution in [0.2, 0.25) is 0 Å². The van der Waals surface area contributed by atoms with Crippen molar-refractivity contribution in [1.82, 2.24) is 0 Å². The first-order valence-corrected chi connectivity index (χ1v) is 6.38. The summed E-state index contributed by atoms with van der Waals surface area (Å²) in [6.07, 6.45) is 0. The van der Waals surface area contributed by atoms with Crippen molar-refractivity contribution in [2.45, 2.75) is 45.8 Å². The lowest BCUT2D eigenvalue weighted by molar-refractivity contribution is 0.00578. The first kappa shape index (κ1) is 14.3. The highest BCUT2D eigenvalue weighted by Crippen LogP contribution is 2.37. The van der Waals surface area contributed by atoms with Crippen LogP contribution in [0.5, 0.6) is 5.75 Å². The maximum atomic E-state index is 13.8. The van der Waals surface area contributed by atoms with E-state index in [1.54, 1.807) is 20.1 Å². The standard InChI is InChI=1S/C14H20BFO3/c1-9-10(16)7-8-11(17-6)12(9)15-18-13(2,3)14(4,5)19-15/h7-8H,1-6H3. The quantitative estimate of drug-likeness (QED) is 0.769. The van der Waals surface area contributed by atoms with Crippen molar-refractivity contribution in [3.05, 3.63) is 23.5 Å². The maximum Gasteiger partial charge on any atom is 0.499 e. The third kappa shape index (κ3) is 2.25. The molecule has 1 aromatic carbocycles. The van der Waals surface area contributed by atoms with Crippen molar-refractivity contribution in [2.75, 3.05) is 7.11 Å². The van der Waals surface area contributed by atoms with Crippen molar-refractivity contribution in [1.29, 1.82) is 0 Å². The molecule has 0 N–H and O–H groups in total. The van der Waals surface area contributed by atoms with Gasteiger partial charge >= 0.3 is 7.12 Å². The molecule has 1 aliphatic heterocycles. The van der Waals surface area contributed by atoms with E-state index in [0.717, 1.165) is 0 Å². The Bertz CT molecular complexity index is 484. The highest BCUT2D eigenvalue weighted by atomic mass is 19.1. The predicted octanol–water partition coefficient (Wildman–Crippen LogP) is 2.44. The molecule has 0 atom stereocenters. The number of halogens is 1. The second kappa shape index (κ2) is 4.49. The lowest BCUT2D eigenvalue weighted by atomic mass is 9.75. The van der Waals surface area contributed by atoms with E-state index in [1.165, 1.54) is 6.07 Å². The van der Waals surface area contributed by atoms with Crippen LogP contribution in [0.4, 0.5) is 4.39 Å². The van der Waals surface area contributed by atoms with Crippen LogP contribution >= 0.6 is 0 Å². The molecule has 0 saturated carbocycles. The third-order valence-electron chi connectivity index (χ3n) is 4.12. The van der Waals surface area contributed by atoms with Crippen molar-refractivity contribution < 1.29 is 18.4 Å². The van der Waals surface area contributed by atoms with E-state index >= 15 is 0 Å². The first-order valence-electron chi connectivity index (χ1n) is 6.38. The van der Waals surface area contributed by atoms with Crippen LogP contribution in [-0.2, 0) is 9.31 Å². The zero-order valence-corrected chi connectivity index (χ0v) is 12.3. The molecular weight excluding hydrogens is 246 g/mol. The summed E-state index contributed by atoms with van der Waals surface area (Å²) < 4.78 is 31.0. The summed E-state index contributed by atoms with van der Waals surface area (Å²) in [7, 11) is 0.942. The van der Waals surface area contributed by atoms with Gasteiger partial charge in [-0.15, -0.1) is 0 Å². The van der Waals surface area contributed by atoms with E-state index in [-0.39, 0.29) is 5.82 Å². The SMILES string of the molecule is COc1ccc(F)c(C)c1B1OC(C)(C)C(C)(C)O1. The molecule has 0 aliphatic carbocycles. The minimum absolute atomic E-state index is 0.287. The van der Waals surface area contributed by atoms with Gasteiger partial charge in [0.05, 0.1) is 18.3 Å². The van der Waals surface area contributed by atoms with Crippen LogP contribution in [0.3, 0.4) is 0 Å². The minimum atomic E-state index is -0.615. The summed E-state index contributed by atoms with van der Waals surface area (Å²) in [5.41, 5.74) is 0.210. The average molecular weight is 266 g/mol. The summed E-state index contributed by atoms with van der Waals surface area (Å²) in [5, 5.41) is 0. The molecule has 3 nitrogen and oxygen atoms in total. The van der Waals surface area contributed by atoms with Crippen molar-refractivity contribution >= 4 is 12.6 Å². The molecule has 19 heavy (non-hydrogen) atoms. The van der Waals surface area contributed by atoms with Crippen LogP contribution in [0.1, 0.15) is 33.3 Å². The van der Waals surface area contributed by atoms with Gasteiger partial charge in [-0.2, -0.15) is 0 Å². The van der Waals surface area contributed by atoms with Crippen LogP contribution in [0.15, 0.2) is 12.1 Å². The van der Waals surface area contributed by atoms with Gasteiger partial charge in [-0.25, -0.2) is 4.39 Å². The maximum absolute atomic E-state index is 13.8. The van der Waals surface area contributed by atoms with Gasteiger partial charge in [0.25, 0.3) is 0 Å². The van der Waals surface area contributed by atoms with E-state index in [1.807, 2.05) is 27.7 Å². The smallest absolute Gasteiger partial charge is 0.497 e. The normalized spacial score (nSPS) is 20.7. The molecule has 1 fully saturated rings. The van der Waals surface area contributed by atoms with E-state index in [2.05, 4.69) is 0 Å². The molecule has 1 aromatic rings. The van der Waals surface area contributed by atoms with Crippen LogP contribution in [-0.4, -0.2) is 25.4 Å². The molecule has 0 aromatic heterocycles. The lowest BCUT2D eigenvalue weighted by Gasteiger charge is -2.32. The topological polar surface area (TPSA) is 27.7 Å². The van der Waals surface area contributed by atoms with E-state index in [4.69, 9.17) is 14.0 Å². The van der Waals surface area contributed by atoms with E-state index < -0.39 is 18.3 Å². The zero-order valence-electron chi connectivity index (χ0n) is 12.3. The monoisotopic (exact) mass is 266 g/mol. The fraction of sp³-hybridized carbons (Fsp3) is 0.571. The largest absolute Gasteiger partial charge is 0.499 e. The van der Waals surface area contributed by atoms with Crippen molar-refractivity contribution in [3.63, 3.8) is 0 Å². The molecule has 0 radical (unpaired) electrons. The van der Waals surface area contributed by atoms with Gasteiger partial charge in [0.2, 0.25) is 0 Å². The van der Waals surface area contributed by atoms with Crippen molar-refractivity contribution in [3.8, 4) is 5.75 Å². The van der Waals surface area contributed by atoms with Gasteiger partial charge in [0.15, 0.2) is 0 Å². The molecule has 0 amide bonds. The molecule has 1 saturated heterocycles. The van der Waals surface area contributed by atoms with Gasteiger partial charge in [-0.05, 0) is 52.3 Å². The molecule has 1 heterocycles. The molecule has 0 unspecified atom stereocenters. The summed E-state index contributed by atoms with van der Waals surface area (Å²) in [6.45, 7) is 9.57. The number of ether oxygens (including phenoxy) is 1. The molecule has 5 heteroatoms. The number of hydrogen-bond donors (Lipinski definition) is 0. The Kier molecular flexibility index (Phi) is 3.39. The zero-order chi connectivity index (χ0) is 14.4. The van der Waals surface area contributed by atoms with Gasteiger partial charge in [-0.3, -0.25) is 0 Å². The molecule has 104 valence electrons. The van der Waals surface area contributed by atoms with Gasteiger partial charge in [-0.1, -0.05) is 0 Å². The van der Waals surface area contributed by atoms with Crippen LogP contribution in [0.25, 0.3) is 0 Å². The summed E-state index contributed by atoms with van der Waals surface area (Å²) in [5.74, 6) is 0.294. The second-order valence-electron chi connectivity index (χ2n) is 5.88. The molecular formula is C14H20BFO3. The Morgan fingerprint density at radius 2 is 1.63 bits per heavy atom. The van der Waals surface area contributed by atoms with Crippen LogP contribution < -0.4 is 10.2 Å². The minimum Gasteiger partial charge on any atom is -0.497 e. The van der Waals surface area contributed by atoms with Gasteiger partial charge < -0.3 is 14.0 Å². The second-order valence-corrected chi connectivity index (χ2v) is 5.88. The summed E-state index contributed by atoms with van der Waals surface area (Å²) >= 11 is 0. The van der Waals surface area contributed by atoms with Crippen LogP contribution in [0, 0.1) is 12.7 Å². The average Bonchev–Trinajstić information content (AvgIpc) is 2.51. The Balaban J connectivity index is 2.47. The Labute approximate surface area is 114 Å². The third-order valence-corrected chi connectivity index (χ3v) is 4.12. The molecule has 2 rings (SSSR count). The molecule has 1 aliphatic rings. The predicted molar refractivity (Wildman–Crippen MR) is 73.4 cm³/mol. The van der Waals surface area contributed by atoms with E-state index in [9.17, 15) is 4.39 Å². The Morgan fingerprint density at radius 1 is 1.11 bits per heavy atom. The first-order chi connectivity index (χ1) is 8.69. The summed E-state index contributed by atoms with van der Waals surface area (Å²) in [4.78, 5) is 0. The van der Waals surface area contributed by atoms with Gasteiger partial charge in [0.1, 0.15) is 11.6 Å². The number of hydrogen-bond acceptors (Lipinski definition) is 3. The fourth-order valence-electron chi connectivity index (χ4n) is 2.11. The Morgan fingerprint density at radius 3 is 2.11 bits per heavy atom. The summed E-state index contributed by atoms with van der Waals surface area (Å²) in [6, 6.07) is 2.99. The number of methoxy groups -OCH3 is 1. The molecule has 0 bridgehead atoms. The number of rotatable bonds is 2. The van der Waals surface area contributed by atoms with E-state index in [0.29, 0.717) is 16.8 Å². The highest BCUT2D eigenvalue weighted by molar-refractivity contribution is 6.63. The molecule has 0 spiro atoms. The van der Waals surface area contributed by atoms with Crippen molar-refractivity contribution in [2.24, 2.45) is 0 Å². The lowest BCUT2D eigenvalue weighted by Crippen LogP contribution is -2.41. The fourth-order valence-corrected chi connectivity index (χ4v) is 2.11. The Hall–Kier alpha value is -1.07.